The largest absolute Gasteiger partial charge is 0.487 e. The Morgan fingerprint density at radius 1 is 1.20 bits per heavy atom. The van der Waals surface area contributed by atoms with Gasteiger partial charge in [0, 0.05) is 6.20 Å². The molecule has 2 aromatic rings. The molecule has 0 aliphatic carbocycles. The molecule has 20 heavy (non-hydrogen) atoms. The lowest BCUT2D eigenvalue weighted by atomic mass is 10.2. The molecule has 0 unspecified atom stereocenters. The summed E-state index contributed by atoms with van der Waals surface area (Å²) in [6, 6.07) is 7.86. The maximum Gasteiger partial charge on any atom is 0.417 e. The maximum atomic E-state index is 12.5. The van der Waals surface area contributed by atoms with E-state index in [4.69, 9.17) is 16.3 Å². The first kappa shape index (κ1) is 14.9. The van der Waals surface area contributed by atoms with Crippen LogP contribution >= 0.6 is 11.6 Å². The van der Waals surface area contributed by atoms with Crippen molar-refractivity contribution in [2.75, 3.05) is 0 Å². The zero-order valence-corrected chi connectivity index (χ0v) is 11.8. The van der Waals surface area contributed by atoms with Gasteiger partial charge in [-0.2, -0.15) is 13.2 Å². The van der Waals surface area contributed by atoms with Crippen LogP contribution in [0.1, 0.15) is 11.3 Å². The third-order valence-corrected chi connectivity index (χ3v) is 3.14. The molecule has 0 fully saturated rings. The molecule has 1 aromatic carbocycles. The quantitative estimate of drug-likeness (QED) is 0.812. The molecule has 7 heteroatoms. The molecule has 1 aromatic heterocycles. The number of aromatic nitrogens is 1. The monoisotopic (exact) mass is 314 g/mol. The highest BCUT2D eigenvalue weighted by molar-refractivity contribution is 6.32. The summed E-state index contributed by atoms with van der Waals surface area (Å²) < 4.78 is 42.8. The third-order valence-electron chi connectivity index (χ3n) is 2.47. The van der Waals surface area contributed by atoms with Gasteiger partial charge in [-0.15, -0.1) is 0 Å². The van der Waals surface area contributed by atoms with E-state index in [-0.39, 0.29) is 17.3 Å². The Labute approximate surface area is 122 Å². The number of rotatable bonds is 3. The Balaban J connectivity index is 2.08. The second kappa shape index (κ2) is 5.84. The van der Waals surface area contributed by atoms with Gasteiger partial charge >= 0.3 is 6.18 Å². The number of alkyl halides is 3. The van der Waals surface area contributed by atoms with Crippen molar-refractivity contribution in [2.24, 2.45) is 0 Å². The molecule has 0 aliphatic rings. The standard InChI is InChI=1S/C13H8ClF3NOSi/c14-11-5-8(13(15,16)17)6-18-12(11)7-19-9-1-3-10(20)4-2-9/h1-6H,7H2. The zero-order chi connectivity index (χ0) is 14.8. The lowest BCUT2D eigenvalue weighted by Gasteiger charge is -2.10. The summed E-state index contributed by atoms with van der Waals surface area (Å²) in [4.78, 5) is 3.69. The van der Waals surface area contributed by atoms with Crippen LogP contribution in [-0.2, 0) is 12.8 Å². The Hall–Kier alpha value is -1.53. The lowest BCUT2D eigenvalue weighted by Crippen LogP contribution is -2.08. The van der Waals surface area contributed by atoms with Crippen LogP contribution in [0.25, 0.3) is 0 Å². The van der Waals surface area contributed by atoms with E-state index in [1.807, 2.05) is 0 Å². The van der Waals surface area contributed by atoms with E-state index in [1.165, 1.54) is 0 Å². The minimum absolute atomic E-state index is 0.00195. The Morgan fingerprint density at radius 3 is 2.40 bits per heavy atom. The summed E-state index contributed by atoms with van der Waals surface area (Å²) >= 11 is 5.78. The fourth-order valence-electron chi connectivity index (χ4n) is 1.43. The summed E-state index contributed by atoms with van der Waals surface area (Å²) in [5, 5.41) is 0.819. The predicted octanol–water partition coefficient (Wildman–Crippen LogP) is 3.13. The van der Waals surface area contributed by atoms with Crippen LogP contribution in [0.4, 0.5) is 13.2 Å². The van der Waals surface area contributed by atoms with Crippen LogP contribution in [0.15, 0.2) is 36.5 Å². The number of ether oxygens (including phenoxy) is 1. The van der Waals surface area contributed by atoms with Gasteiger partial charge in [0.2, 0.25) is 0 Å². The van der Waals surface area contributed by atoms with Crippen molar-refractivity contribution in [3.8, 4) is 5.75 Å². The number of hydrogen-bond acceptors (Lipinski definition) is 2. The molecule has 0 bridgehead atoms. The highest BCUT2D eigenvalue weighted by Crippen LogP contribution is 2.31. The van der Waals surface area contributed by atoms with Crippen LogP contribution in [0.5, 0.6) is 5.75 Å². The van der Waals surface area contributed by atoms with Crippen molar-refractivity contribution in [3.63, 3.8) is 0 Å². The van der Waals surface area contributed by atoms with Crippen molar-refractivity contribution >= 4 is 27.0 Å². The number of halogens is 4. The number of benzene rings is 1. The van der Waals surface area contributed by atoms with Crippen LogP contribution in [0, 0.1) is 0 Å². The van der Waals surface area contributed by atoms with Crippen LogP contribution in [0.3, 0.4) is 0 Å². The normalized spacial score (nSPS) is 11.4. The molecule has 3 radical (unpaired) electrons. The zero-order valence-electron chi connectivity index (χ0n) is 10.0. The third kappa shape index (κ3) is 3.74. The van der Waals surface area contributed by atoms with E-state index in [0.29, 0.717) is 5.75 Å². The predicted molar refractivity (Wildman–Crippen MR) is 70.4 cm³/mol. The molecule has 0 aliphatic heterocycles. The fraction of sp³-hybridized carbons (Fsp3) is 0.154. The summed E-state index contributed by atoms with van der Waals surface area (Å²) in [5.41, 5.74) is -0.628. The van der Waals surface area contributed by atoms with Crippen LogP contribution in [-0.4, -0.2) is 15.2 Å². The molecule has 1 heterocycles. The van der Waals surface area contributed by atoms with Crippen molar-refractivity contribution < 1.29 is 17.9 Å². The summed E-state index contributed by atoms with van der Waals surface area (Å²) in [7, 11) is 3.33. The van der Waals surface area contributed by atoms with Gasteiger partial charge in [0.1, 0.15) is 12.4 Å². The molecular weight excluding hydrogens is 307 g/mol. The topological polar surface area (TPSA) is 22.1 Å². The van der Waals surface area contributed by atoms with Crippen LogP contribution in [0.2, 0.25) is 5.02 Å². The van der Waals surface area contributed by atoms with Crippen molar-refractivity contribution in [2.45, 2.75) is 12.8 Å². The van der Waals surface area contributed by atoms with E-state index >= 15 is 0 Å². The van der Waals surface area contributed by atoms with Crippen molar-refractivity contribution in [3.05, 3.63) is 52.8 Å². The number of nitrogens with zero attached hydrogens (tertiary/aromatic N) is 1. The second-order valence-corrected chi connectivity index (χ2v) is 4.95. The summed E-state index contributed by atoms with van der Waals surface area (Å²) in [6.07, 6.45) is -3.71. The first-order chi connectivity index (χ1) is 9.36. The average molecular weight is 315 g/mol. The van der Waals surface area contributed by atoms with Crippen molar-refractivity contribution in [1.82, 2.24) is 4.98 Å². The molecule has 0 amide bonds. The SMILES string of the molecule is FC(F)(F)c1cnc(COc2ccc([Si])cc2)c(Cl)c1. The molecule has 0 spiro atoms. The van der Waals surface area contributed by atoms with E-state index in [0.717, 1.165) is 17.4 Å². The Morgan fingerprint density at radius 2 is 1.85 bits per heavy atom. The number of hydrogen-bond donors (Lipinski definition) is 0. The summed E-state index contributed by atoms with van der Waals surface area (Å²) in [6.45, 7) is -0.00195. The molecule has 2 rings (SSSR count). The molecule has 103 valence electrons. The van der Waals surface area contributed by atoms with Gasteiger partial charge in [-0.05, 0) is 18.2 Å². The van der Waals surface area contributed by atoms with E-state index in [9.17, 15) is 13.2 Å². The Kier molecular flexibility index (Phi) is 4.34. The molecule has 2 nitrogen and oxygen atoms in total. The maximum absolute atomic E-state index is 12.5. The first-order valence-electron chi connectivity index (χ1n) is 5.52. The number of pyridine rings is 1. The van der Waals surface area contributed by atoms with E-state index < -0.39 is 11.7 Å². The van der Waals surface area contributed by atoms with Gasteiger partial charge in [-0.3, -0.25) is 4.98 Å². The molecule has 0 saturated heterocycles. The Bertz CT molecular complexity index is 602. The van der Waals surface area contributed by atoms with Gasteiger partial charge < -0.3 is 4.74 Å². The lowest BCUT2D eigenvalue weighted by molar-refractivity contribution is -0.137. The smallest absolute Gasteiger partial charge is 0.417 e. The highest BCUT2D eigenvalue weighted by Gasteiger charge is 2.31. The fourth-order valence-corrected chi connectivity index (χ4v) is 1.82. The molecule has 0 atom stereocenters. The van der Waals surface area contributed by atoms with Gasteiger partial charge in [0.25, 0.3) is 0 Å². The van der Waals surface area contributed by atoms with Gasteiger partial charge in [0.05, 0.1) is 26.5 Å². The van der Waals surface area contributed by atoms with Gasteiger partial charge in [0.15, 0.2) is 0 Å². The van der Waals surface area contributed by atoms with Gasteiger partial charge in [-0.25, -0.2) is 0 Å². The first-order valence-corrected chi connectivity index (χ1v) is 6.40. The highest BCUT2D eigenvalue weighted by atomic mass is 35.5. The average Bonchev–Trinajstić information content (AvgIpc) is 2.38. The van der Waals surface area contributed by atoms with Gasteiger partial charge in [-0.1, -0.05) is 28.9 Å². The summed E-state index contributed by atoms with van der Waals surface area (Å²) in [5.74, 6) is 0.574. The van der Waals surface area contributed by atoms with Crippen molar-refractivity contribution in [1.29, 1.82) is 0 Å². The van der Waals surface area contributed by atoms with E-state index in [2.05, 4.69) is 15.2 Å². The molecule has 0 N–H and O–H groups in total. The minimum Gasteiger partial charge on any atom is -0.487 e. The molecular formula is C13H8ClF3NOSi. The minimum atomic E-state index is -4.46. The van der Waals surface area contributed by atoms with Crippen LogP contribution < -0.4 is 9.92 Å². The van der Waals surface area contributed by atoms with E-state index in [1.54, 1.807) is 24.3 Å². The second-order valence-electron chi connectivity index (χ2n) is 3.96. The molecule has 0 saturated carbocycles.